The van der Waals surface area contributed by atoms with E-state index in [2.05, 4.69) is 25.4 Å². The molecule has 0 atom stereocenters. The van der Waals surface area contributed by atoms with Crippen molar-refractivity contribution in [2.75, 3.05) is 5.32 Å². The molecule has 0 amide bonds. The smallest absolute Gasteiger partial charge is 0.338 e. The number of nitrogens with zero attached hydrogens (tertiary/aromatic N) is 5. The summed E-state index contributed by atoms with van der Waals surface area (Å²) >= 11 is 0. The minimum Gasteiger partial charge on any atom is -0.338 e. The van der Waals surface area contributed by atoms with Crippen LogP contribution in [0.2, 0.25) is 0 Å². The molecule has 6 nitrogen and oxygen atoms in total. The van der Waals surface area contributed by atoms with Gasteiger partial charge in [-0.25, -0.2) is 19.0 Å². The molecule has 10 heteroatoms. The van der Waals surface area contributed by atoms with Crippen molar-refractivity contribution in [3.63, 3.8) is 0 Å². The van der Waals surface area contributed by atoms with Gasteiger partial charge in [0.1, 0.15) is 17.3 Å². The van der Waals surface area contributed by atoms with E-state index in [4.69, 9.17) is 0 Å². The van der Waals surface area contributed by atoms with Gasteiger partial charge in [-0.2, -0.15) is 18.3 Å². The Hall–Kier alpha value is -3.82. The van der Waals surface area contributed by atoms with Crippen LogP contribution in [-0.2, 0) is 6.18 Å². The lowest BCUT2D eigenvalue weighted by Gasteiger charge is -2.11. The number of pyridine rings is 1. The van der Waals surface area contributed by atoms with E-state index in [-0.39, 0.29) is 17.3 Å². The van der Waals surface area contributed by atoms with Gasteiger partial charge in [-0.1, -0.05) is 12.1 Å². The zero-order chi connectivity index (χ0) is 20.4. The molecule has 0 bridgehead atoms. The molecule has 0 aliphatic rings. The van der Waals surface area contributed by atoms with Crippen molar-refractivity contribution >= 4 is 11.5 Å². The van der Waals surface area contributed by atoms with Gasteiger partial charge in [-0.3, -0.25) is 4.98 Å². The van der Waals surface area contributed by atoms with Crippen LogP contribution < -0.4 is 5.32 Å². The van der Waals surface area contributed by atoms with Crippen LogP contribution in [0, 0.1) is 5.82 Å². The number of rotatable bonds is 4. The van der Waals surface area contributed by atoms with E-state index in [0.29, 0.717) is 11.3 Å². The first-order chi connectivity index (χ1) is 13.9. The van der Waals surface area contributed by atoms with Crippen LogP contribution in [0.1, 0.15) is 5.69 Å². The van der Waals surface area contributed by atoms with Gasteiger partial charge in [0.15, 0.2) is 11.5 Å². The highest BCUT2D eigenvalue weighted by Gasteiger charge is 2.34. The van der Waals surface area contributed by atoms with Crippen LogP contribution in [0.5, 0.6) is 0 Å². The Balaban J connectivity index is 1.69. The average molecular weight is 400 g/mol. The fraction of sp³-hybridized carbons (Fsp3) is 0.0526. The number of para-hydroxylation sites is 1. The molecule has 0 aliphatic carbocycles. The third-order valence-corrected chi connectivity index (χ3v) is 3.91. The summed E-state index contributed by atoms with van der Waals surface area (Å²) in [6.45, 7) is 0. The van der Waals surface area contributed by atoms with E-state index in [1.54, 1.807) is 12.1 Å². The summed E-state index contributed by atoms with van der Waals surface area (Å²) in [7, 11) is 0. The molecule has 0 saturated carbocycles. The van der Waals surface area contributed by atoms with E-state index in [1.165, 1.54) is 53.7 Å². The fourth-order valence-electron chi connectivity index (χ4n) is 2.59. The van der Waals surface area contributed by atoms with Crippen LogP contribution in [0.25, 0.3) is 17.1 Å². The first kappa shape index (κ1) is 18.5. The molecule has 0 radical (unpaired) electrons. The first-order valence-corrected chi connectivity index (χ1v) is 8.33. The lowest BCUT2D eigenvalue weighted by molar-refractivity contribution is -0.141. The van der Waals surface area contributed by atoms with Crippen LogP contribution in [0.4, 0.5) is 29.1 Å². The number of anilines is 2. The van der Waals surface area contributed by atoms with Gasteiger partial charge in [-0.15, -0.1) is 0 Å². The van der Waals surface area contributed by atoms with Gasteiger partial charge in [-0.05, 0) is 24.3 Å². The highest BCUT2D eigenvalue weighted by molar-refractivity contribution is 5.61. The summed E-state index contributed by atoms with van der Waals surface area (Å²) in [5, 5.41) is 6.80. The Morgan fingerprint density at radius 3 is 2.45 bits per heavy atom. The van der Waals surface area contributed by atoms with Gasteiger partial charge < -0.3 is 5.32 Å². The van der Waals surface area contributed by atoms with Gasteiger partial charge in [0.2, 0.25) is 0 Å². The van der Waals surface area contributed by atoms with E-state index in [1.807, 2.05) is 0 Å². The topological polar surface area (TPSA) is 68.5 Å². The zero-order valence-electron chi connectivity index (χ0n) is 14.6. The summed E-state index contributed by atoms with van der Waals surface area (Å²) < 4.78 is 55.0. The van der Waals surface area contributed by atoms with Crippen LogP contribution in [-0.4, -0.2) is 24.7 Å². The molecule has 3 heterocycles. The predicted molar refractivity (Wildman–Crippen MR) is 97.1 cm³/mol. The Bertz CT molecular complexity index is 1140. The maximum atomic E-state index is 13.9. The molecule has 0 fully saturated rings. The molecule has 1 N–H and O–H groups in total. The van der Waals surface area contributed by atoms with Crippen molar-refractivity contribution in [2.45, 2.75) is 6.18 Å². The highest BCUT2D eigenvalue weighted by atomic mass is 19.4. The van der Waals surface area contributed by atoms with Crippen LogP contribution in [0.3, 0.4) is 0 Å². The molecule has 146 valence electrons. The van der Waals surface area contributed by atoms with Crippen molar-refractivity contribution < 1.29 is 17.6 Å². The molecule has 29 heavy (non-hydrogen) atoms. The number of benzene rings is 1. The third-order valence-electron chi connectivity index (χ3n) is 3.91. The van der Waals surface area contributed by atoms with Crippen molar-refractivity contribution in [1.29, 1.82) is 0 Å². The van der Waals surface area contributed by atoms with E-state index < -0.39 is 17.7 Å². The van der Waals surface area contributed by atoms with Crippen LogP contribution in [0.15, 0.2) is 67.3 Å². The van der Waals surface area contributed by atoms with Crippen molar-refractivity contribution in [1.82, 2.24) is 24.7 Å². The third kappa shape index (κ3) is 4.05. The minimum absolute atomic E-state index is 0.0766. The fourth-order valence-corrected chi connectivity index (χ4v) is 2.59. The van der Waals surface area contributed by atoms with Crippen molar-refractivity contribution in [3.8, 4) is 17.1 Å². The molecule has 0 saturated heterocycles. The van der Waals surface area contributed by atoms with Gasteiger partial charge in [0.25, 0.3) is 0 Å². The van der Waals surface area contributed by atoms with Gasteiger partial charge >= 0.3 is 6.18 Å². The second kappa shape index (κ2) is 7.30. The normalized spacial score (nSPS) is 11.4. The monoisotopic (exact) mass is 400 g/mol. The highest BCUT2D eigenvalue weighted by Crippen LogP contribution is 2.31. The van der Waals surface area contributed by atoms with Gasteiger partial charge in [0, 0.05) is 24.0 Å². The van der Waals surface area contributed by atoms with E-state index >= 15 is 0 Å². The molecule has 0 spiro atoms. The van der Waals surface area contributed by atoms with Crippen molar-refractivity contribution in [3.05, 3.63) is 78.8 Å². The number of nitrogens with one attached hydrogen (secondary N) is 1. The SMILES string of the molecule is Fc1ccccc1-n1cc(Nc2cc(C(F)(F)F)nc(-c3ccncc3)n2)cn1. The Morgan fingerprint density at radius 1 is 0.966 bits per heavy atom. The Kier molecular flexibility index (Phi) is 4.67. The Labute approximate surface area is 161 Å². The lowest BCUT2D eigenvalue weighted by Crippen LogP contribution is -2.11. The summed E-state index contributed by atoms with van der Waals surface area (Å²) in [6.07, 6.45) is 1.02. The quantitative estimate of drug-likeness (QED) is 0.506. The molecule has 4 aromatic rings. The Morgan fingerprint density at radius 2 is 1.72 bits per heavy atom. The molecule has 0 aliphatic heterocycles. The van der Waals surface area contributed by atoms with E-state index in [9.17, 15) is 17.6 Å². The number of halogens is 4. The second-order valence-corrected chi connectivity index (χ2v) is 5.95. The average Bonchev–Trinajstić information content (AvgIpc) is 3.16. The number of aromatic nitrogens is 5. The minimum atomic E-state index is -4.65. The number of hydrogen-bond acceptors (Lipinski definition) is 5. The maximum absolute atomic E-state index is 13.9. The standard InChI is InChI=1S/C19H12F4N6/c20-14-3-1-2-4-15(14)29-11-13(10-25-29)26-17-9-16(19(21,22)23)27-18(28-17)12-5-7-24-8-6-12/h1-11H,(H,26,27,28). The molecule has 0 unspecified atom stereocenters. The van der Waals surface area contributed by atoms with E-state index in [0.717, 1.165) is 6.07 Å². The molecule has 4 rings (SSSR count). The number of hydrogen-bond donors (Lipinski definition) is 1. The second-order valence-electron chi connectivity index (χ2n) is 5.95. The zero-order valence-corrected chi connectivity index (χ0v) is 14.6. The lowest BCUT2D eigenvalue weighted by atomic mass is 10.2. The first-order valence-electron chi connectivity index (χ1n) is 8.33. The molecule has 3 aromatic heterocycles. The maximum Gasteiger partial charge on any atom is 0.433 e. The summed E-state index contributed by atoms with van der Waals surface area (Å²) in [4.78, 5) is 11.6. The summed E-state index contributed by atoms with van der Waals surface area (Å²) in [5.74, 6) is -0.665. The largest absolute Gasteiger partial charge is 0.433 e. The van der Waals surface area contributed by atoms with Crippen LogP contribution >= 0.6 is 0 Å². The number of alkyl halides is 3. The summed E-state index contributed by atoms with van der Waals surface area (Å²) in [6, 6.07) is 9.82. The molecular weight excluding hydrogens is 388 g/mol. The van der Waals surface area contributed by atoms with Crippen molar-refractivity contribution in [2.24, 2.45) is 0 Å². The van der Waals surface area contributed by atoms with Gasteiger partial charge in [0.05, 0.1) is 18.1 Å². The molecular formula is C19H12F4N6. The predicted octanol–water partition coefficient (Wildman–Crippen LogP) is 4.63. The molecule has 1 aromatic carbocycles. The summed E-state index contributed by atoms with van der Waals surface area (Å²) in [5.41, 5.74) is -0.169.